The van der Waals surface area contributed by atoms with E-state index in [1.54, 1.807) is 13.8 Å². The van der Waals surface area contributed by atoms with Crippen molar-refractivity contribution >= 4 is 12.1 Å². The summed E-state index contributed by atoms with van der Waals surface area (Å²) in [5.41, 5.74) is -0.605. The van der Waals surface area contributed by atoms with Crippen LogP contribution in [0.15, 0.2) is 0 Å². The van der Waals surface area contributed by atoms with Gasteiger partial charge in [0.2, 0.25) is 0 Å². The highest BCUT2D eigenvalue weighted by atomic mass is 16.6. The third-order valence-corrected chi connectivity index (χ3v) is 2.85. The average Bonchev–Trinajstić information content (AvgIpc) is 2.28. The van der Waals surface area contributed by atoms with Crippen LogP contribution in [0.3, 0.4) is 0 Å². The molecule has 1 fully saturated rings. The number of carboxylic acids is 1. The van der Waals surface area contributed by atoms with Crippen LogP contribution in [0.5, 0.6) is 0 Å². The summed E-state index contributed by atoms with van der Waals surface area (Å²) in [5, 5.41) is 10.9. The predicted molar refractivity (Wildman–Crippen MR) is 57.2 cm³/mol. The number of rotatable bonds is 3. The molecule has 0 bridgehead atoms. The number of carbonyl (C=O) groups excluding carboxylic acids is 2. The van der Waals surface area contributed by atoms with E-state index in [2.05, 4.69) is 0 Å². The van der Waals surface area contributed by atoms with Crippen LogP contribution in [-0.4, -0.2) is 48.4 Å². The molecule has 0 saturated carbocycles. The molecule has 0 aliphatic carbocycles. The van der Waals surface area contributed by atoms with Crippen molar-refractivity contribution < 1.29 is 24.2 Å². The summed E-state index contributed by atoms with van der Waals surface area (Å²) in [4.78, 5) is 23.9. The van der Waals surface area contributed by atoms with Gasteiger partial charge in [0, 0.05) is 6.54 Å². The number of morpholine rings is 1. The van der Waals surface area contributed by atoms with E-state index in [0.717, 1.165) is 4.90 Å². The van der Waals surface area contributed by atoms with Gasteiger partial charge >= 0.3 is 6.09 Å². The van der Waals surface area contributed by atoms with Gasteiger partial charge in [0.15, 0.2) is 0 Å². The smallest absolute Gasteiger partial charge is 0.411 e. The molecule has 1 aliphatic heterocycles. The number of ether oxygens (including phenoxy) is 2. The first kappa shape index (κ1) is 13.8. The second-order valence-electron chi connectivity index (χ2n) is 4.58. The number of hydrogen-bond acceptors (Lipinski definition) is 5. The van der Waals surface area contributed by atoms with E-state index < -0.39 is 23.7 Å². The van der Waals surface area contributed by atoms with E-state index in [1.807, 2.05) is 6.92 Å². The molecule has 6 heteroatoms. The zero-order valence-electron chi connectivity index (χ0n) is 10.4. The number of carbonyl (C=O) groups is 2. The molecule has 1 heterocycles. The van der Waals surface area contributed by atoms with E-state index in [0.29, 0.717) is 13.0 Å². The predicted octanol–water partition coefficient (Wildman–Crippen LogP) is -0.238. The van der Waals surface area contributed by atoms with Gasteiger partial charge in [-0.1, -0.05) is 6.92 Å². The van der Waals surface area contributed by atoms with Crippen molar-refractivity contribution in [2.75, 3.05) is 19.8 Å². The standard InChI is InChI=1S/C11H19NO5/c1-4-11(2,3)17-10(15)12-5-6-16-7-8(12)9(13)14/h8H,4-7H2,1-3H3,(H,13,14)/p-1. The summed E-state index contributed by atoms with van der Waals surface area (Å²) < 4.78 is 10.3. The molecule has 1 amide bonds. The Labute approximate surface area is 100 Å². The number of aliphatic carboxylic acids is 1. The lowest BCUT2D eigenvalue weighted by atomic mass is 10.1. The molecule has 1 unspecified atom stereocenters. The highest BCUT2D eigenvalue weighted by molar-refractivity contribution is 5.79. The first-order valence-corrected chi connectivity index (χ1v) is 5.65. The van der Waals surface area contributed by atoms with Crippen molar-refractivity contribution in [1.29, 1.82) is 0 Å². The van der Waals surface area contributed by atoms with Crippen LogP contribution in [0.2, 0.25) is 0 Å². The quantitative estimate of drug-likeness (QED) is 0.684. The second kappa shape index (κ2) is 5.35. The Morgan fingerprint density at radius 1 is 1.53 bits per heavy atom. The first-order chi connectivity index (χ1) is 7.87. The van der Waals surface area contributed by atoms with Gasteiger partial charge in [-0.3, -0.25) is 4.90 Å². The number of amides is 1. The minimum absolute atomic E-state index is 0.0516. The molecule has 0 aromatic heterocycles. The average molecular weight is 244 g/mol. The Morgan fingerprint density at radius 3 is 2.71 bits per heavy atom. The summed E-state index contributed by atoms with van der Waals surface area (Å²) in [5.74, 6) is -1.32. The van der Waals surface area contributed by atoms with Crippen LogP contribution in [0, 0.1) is 0 Å². The van der Waals surface area contributed by atoms with Crippen LogP contribution in [-0.2, 0) is 14.3 Å². The zero-order chi connectivity index (χ0) is 13.1. The second-order valence-corrected chi connectivity index (χ2v) is 4.58. The van der Waals surface area contributed by atoms with Gasteiger partial charge < -0.3 is 19.4 Å². The first-order valence-electron chi connectivity index (χ1n) is 5.65. The Bertz CT molecular complexity index is 302. The third kappa shape index (κ3) is 3.59. The van der Waals surface area contributed by atoms with Crippen LogP contribution in [0.1, 0.15) is 27.2 Å². The Balaban J connectivity index is 2.69. The molecule has 6 nitrogen and oxygen atoms in total. The highest BCUT2D eigenvalue weighted by Crippen LogP contribution is 2.17. The summed E-state index contributed by atoms with van der Waals surface area (Å²) in [6.45, 7) is 5.91. The van der Waals surface area contributed by atoms with Crippen molar-refractivity contribution in [3.63, 3.8) is 0 Å². The van der Waals surface area contributed by atoms with E-state index in [9.17, 15) is 14.7 Å². The Morgan fingerprint density at radius 2 is 2.18 bits per heavy atom. The highest BCUT2D eigenvalue weighted by Gasteiger charge is 2.32. The molecule has 1 aliphatic rings. The molecule has 0 radical (unpaired) electrons. The minimum Gasteiger partial charge on any atom is -0.548 e. The molecular formula is C11H18NO5-. The fourth-order valence-corrected chi connectivity index (χ4v) is 1.38. The van der Waals surface area contributed by atoms with Gasteiger partial charge in [0.25, 0.3) is 0 Å². The number of hydrogen-bond donors (Lipinski definition) is 0. The van der Waals surface area contributed by atoms with Crippen LogP contribution >= 0.6 is 0 Å². The van der Waals surface area contributed by atoms with Gasteiger partial charge in [0.1, 0.15) is 5.60 Å². The summed E-state index contributed by atoms with van der Waals surface area (Å²) in [6.07, 6.45) is 0.0216. The maximum Gasteiger partial charge on any atom is 0.411 e. The van der Waals surface area contributed by atoms with Crippen LogP contribution < -0.4 is 5.11 Å². The Kier molecular flexibility index (Phi) is 4.34. The maximum atomic E-state index is 11.8. The largest absolute Gasteiger partial charge is 0.548 e. The van der Waals surface area contributed by atoms with Gasteiger partial charge in [0.05, 0.1) is 25.2 Å². The zero-order valence-corrected chi connectivity index (χ0v) is 10.4. The van der Waals surface area contributed by atoms with Gasteiger partial charge in [-0.2, -0.15) is 0 Å². The Hall–Kier alpha value is -1.30. The molecule has 1 saturated heterocycles. The van der Waals surface area contributed by atoms with Crippen molar-refractivity contribution in [2.24, 2.45) is 0 Å². The van der Waals surface area contributed by atoms with E-state index in [-0.39, 0.29) is 13.2 Å². The fourth-order valence-electron chi connectivity index (χ4n) is 1.38. The van der Waals surface area contributed by atoms with E-state index >= 15 is 0 Å². The topological polar surface area (TPSA) is 78.9 Å². The molecule has 1 atom stereocenters. The van der Waals surface area contributed by atoms with Crippen LogP contribution in [0.25, 0.3) is 0 Å². The minimum atomic E-state index is -1.32. The molecular weight excluding hydrogens is 226 g/mol. The van der Waals surface area contributed by atoms with Crippen molar-refractivity contribution in [2.45, 2.75) is 38.8 Å². The molecule has 98 valence electrons. The van der Waals surface area contributed by atoms with Crippen LogP contribution in [0.4, 0.5) is 4.79 Å². The van der Waals surface area contributed by atoms with E-state index in [1.165, 1.54) is 0 Å². The summed E-state index contributed by atoms with van der Waals surface area (Å²) in [7, 11) is 0. The van der Waals surface area contributed by atoms with E-state index in [4.69, 9.17) is 9.47 Å². The van der Waals surface area contributed by atoms with Gasteiger partial charge in [-0.15, -0.1) is 0 Å². The molecule has 1 rings (SSSR count). The molecule has 0 N–H and O–H groups in total. The number of nitrogens with zero attached hydrogens (tertiary/aromatic N) is 1. The lowest BCUT2D eigenvalue weighted by Crippen LogP contribution is -2.57. The molecule has 17 heavy (non-hydrogen) atoms. The molecule has 0 aromatic rings. The monoisotopic (exact) mass is 244 g/mol. The van der Waals surface area contributed by atoms with Crippen molar-refractivity contribution in [3.8, 4) is 0 Å². The summed E-state index contributed by atoms with van der Waals surface area (Å²) >= 11 is 0. The fraction of sp³-hybridized carbons (Fsp3) is 0.818. The maximum absolute atomic E-state index is 11.8. The number of carboxylic acid groups (broad SMARTS) is 1. The van der Waals surface area contributed by atoms with Gasteiger partial charge in [-0.05, 0) is 20.3 Å². The summed E-state index contributed by atoms with van der Waals surface area (Å²) in [6, 6.07) is -1.07. The lowest BCUT2D eigenvalue weighted by molar-refractivity contribution is -0.313. The third-order valence-electron chi connectivity index (χ3n) is 2.85. The molecule has 0 aromatic carbocycles. The SMILES string of the molecule is CCC(C)(C)OC(=O)N1CCOCC1C(=O)[O-]. The van der Waals surface area contributed by atoms with Gasteiger partial charge in [-0.25, -0.2) is 4.79 Å². The van der Waals surface area contributed by atoms with Crippen molar-refractivity contribution in [1.82, 2.24) is 4.90 Å². The molecule has 0 spiro atoms. The lowest BCUT2D eigenvalue weighted by Gasteiger charge is -2.37. The normalized spacial score (nSPS) is 21.1. The van der Waals surface area contributed by atoms with Crippen molar-refractivity contribution in [3.05, 3.63) is 0 Å².